The Morgan fingerprint density at radius 1 is 1.04 bits per heavy atom. The Bertz CT molecular complexity index is 675. The van der Waals surface area contributed by atoms with Gasteiger partial charge in [0.15, 0.2) is 0 Å². The van der Waals surface area contributed by atoms with Crippen LogP contribution in [0.1, 0.15) is 47.4 Å². The molecule has 0 saturated carbocycles. The third-order valence-electron chi connectivity index (χ3n) is 3.67. The largest absolute Gasteiger partial charge is 0.333 e. The summed E-state index contributed by atoms with van der Waals surface area (Å²) in [5.74, 6) is -1.45. The fourth-order valence-electron chi connectivity index (χ4n) is 2.62. The Balaban J connectivity index is 1.99. The van der Waals surface area contributed by atoms with E-state index in [1.165, 1.54) is 4.90 Å². The van der Waals surface area contributed by atoms with Crippen LogP contribution >= 0.6 is 8.38 Å². The van der Waals surface area contributed by atoms with E-state index in [9.17, 15) is 18.0 Å². The summed E-state index contributed by atoms with van der Waals surface area (Å²) in [7, 11) is -4.61. The van der Waals surface area contributed by atoms with Crippen LogP contribution < -0.4 is 0 Å². The van der Waals surface area contributed by atoms with Crippen LogP contribution in [0.25, 0.3) is 0 Å². The predicted octanol–water partition coefficient (Wildman–Crippen LogP) is 2.32. The highest BCUT2D eigenvalue weighted by atomic mass is 32.2. The number of thiol groups is 1. The van der Waals surface area contributed by atoms with Gasteiger partial charge in [0.1, 0.15) is 5.85 Å². The second kappa shape index (κ2) is 10.1. The van der Waals surface area contributed by atoms with Gasteiger partial charge < -0.3 is 9.05 Å². The van der Waals surface area contributed by atoms with Crippen molar-refractivity contribution in [2.75, 3.05) is 19.8 Å². The molecular formula is C16H22NO7PS. The highest BCUT2D eigenvalue weighted by molar-refractivity contribution is 7.67. The number of nitrogens with zero attached hydrogens (tertiary/aromatic N) is 1. The summed E-state index contributed by atoms with van der Waals surface area (Å²) in [5, 5.41) is 0. The normalized spacial score (nSPS) is 15.2. The zero-order valence-corrected chi connectivity index (χ0v) is 16.4. The quantitative estimate of drug-likeness (QED) is 0.344. The smallest absolute Gasteiger partial charge is 0.261 e. The van der Waals surface area contributed by atoms with Crippen molar-refractivity contribution < 1.29 is 31.2 Å². The van der Waals surface area contributed by atoms with Crippen LogP contribution in [-0.4, -0.2) is 50.7 Å². The fraction of sp³-hybridized carbons (Fsp3) is 0.500. The molecule has 0 radical (unpaired) electrons. The molecule has 1 heterocycles. The van der Waals surface area contributed by atoms with E-state index in [0.717, 1.165) is 0 Å². The number of hydrogen-bond donors (Lipinski definition) is 1. The van der Waals surface area contributed by atoms with Crippen molar-refractivity contribution in [3.63, 3.8) is 0 Å². The first-order valence-electron chi connectivity index (χ1n) is 8.31. The molecule has 1 unspecified atom stereocenters. The summed E-state index contributed by atoms with van der Waals surface area (Å²) in [5.41, 5.74) is 0.776. The standard InChI is InChI=1S/C16H22NO7PS/c1-3-22-25(23-4-2)14(24-26(20)21)10-7-11-17-15(18)12-8-5-6-9-13(12)16(17)19/h5-6,8-9,14,26H,3-4,7,10-11H2,1-2H3. The third-order valence-corrected chi connectivity index (χ3v) is 6.12. The Morgan fingerprint density at radius 2 is 1.58 bits per heavy atom. The number of carbonyl (C=O) groups excluding carboxylic acids is 2. The molecule has 1 aliphatic rings. The van der Waals surface area contributed by atoms with Crippen LogP contribution in [0.5, 0.6) is 0 Å². The van der Waals surface area contributed by atoms with Crippen LogP contribution in [0.15, 0.2) is 24.3 Å². The van der Waals surface area contributed by atoms with Crippen LogP contribution in [0, 0.1) is 0 Å². The maximum absolute atomic E-state index is 12.3. The van der Waals surface area contributed by atoms with E-state index in [0.29, 0.717) is 30.8 Å². The maximum Gasteiger partial charge on any atom is 0.261 e. The number of benzene rings is 1. The summed E-state index contributed by atoms with van der Waals surface area (Å²) in [6.07, 6.45) is 0.653. The Labute approximate surface area is 155 Å². The van der Waals surface area contributed by atoms with Crippen molar-refractivity contribution in [1.82, 2.24) is 4.90 Å². The zero-order chi connectivity index (χ0) is 19.1. The monoisotopic (exact) mass is 403 g/mol. The number of amides is 2. The molecular weight excluding hydrogens is 381 g/mol. The molecule has 0 saturated heterocycles. The van der Waals surface area contributed by atoms with Gasteiger partial charge in [0, 0.05) is 6.54 Å². The van der Waals surface area contributed by atoms with E-state index < -0.39 is 25.2 Å². The van der Waals surface area contributed by atoms with Crippen molar-refractivity contribution in [1.29, 1.82) is 0 Å². The Hall–Kier alpha value is -1.38. The summed E-state index contributed by atoms with van der Waals surface area (Å²) in [6.45, 7) is 4.45. The van der Waals surface area contributed by atoms with Gasteiger partial charge in [-0.1, -0.05) is 12.1 Å². The summed E-state index contributed by atoms with van der Waals surface area (Å²) in [6, 6.07) is 6.65. The average Bonchev–Trinajstić information content (AvgIpc) is 2.85. The number of hydrogen-bond acceptors (Lipinski definition) is 7. The number of rotatable bonds is 11. The summed E-state index contributed by atoms with van der Waals surface area (Å²) < 4.78 is 37.8. The summed E-state index contributed by atoms with van der Waals surface area (Å²) >= 11 is 0. The van der Waals surface area contributed by atoms with Crippen LogP contribution in [0.4, 0.5) is 0 Å². The first-order valence-corrected chi connectivity index (χ1v) is 10.6. The lowest BCUT2D eigenvalue weighted by atomic mass is 10.1. The molecule has 0 aromatic heterocycles. The van der Waals surface area contributed by atoms with E-state index in [4.69, 9.17) is 13.2 Å². The fourth-order valence-corrected chi connectivity index (χ4v) is 4.77. The van der Waals surface area contributed by atoms with Gasteiger partial charge in [-0.2, -0.15) is 0 Å². The van der Waals surface area contributed by atoms with Crippen LogP contribution in [0.3, 0.4) is 0 Å². The van der Waals surface area contributed by atoms with Gasteiger partial charge in [-0.05, 0) is 38.8 Å². The maximum atomic E-state index is 12.3. The molecule has 26 heavy (non-hydrogen) atoms. The minimum absolute atomic E-state index is 0.170. The zero-order valence-electron chi connectivity index (χ0n) is 14.6. The van der Waals surface area contributed by atoms with Crippen molar-refractivity contribution in [2.45, 2.75) is 32.5 Å². The molecule has 1 aliphatic heterocycles. The lowest BCUT2D eigenvalue weighted by Gasteiger charge is -2.24. The van der Waals surface area contributed by atoms with Gasteiger partial charge in [-0.25, -0.2) is 8.42 Å². The molecule has 10 heteroatoms. The second-order valence-corrected chi connectivity index (χ2v) is 7.68. The lowest BCUT2D eigenvalue weighted by molar-refractivity contribution is 0.0648. The first-order chi connectivity index (χ1) is 12.5. The molecule has 0 aliphatic carbocycles. The molecule has 2 amide bonds. The number of fused-ring (bicyclic) bond motifs is 1. The lowest BCUT2D eigenvalue weighted by Crippen LogP contribution is -2.31. The van der Waals surface area contributed by atoms with Gasteiger partial charge in [-0.3, -0.25) is 18.7 Å². The van der Waals surface area contributed by atoms with Crippen molar-refractivity contribution >= 4 is 31.2 Å². The van der Waals surface area contributed by atoms with Crippen molar-refractivity contribution in [3.8, 4) is 0 Å². The molecule has 1 atom stereocenters. The molecule has 0 spiro atoms. The molecule has 2 rings (SSSR count). The number of imide groups is 1. The van der Waals surface area contributed by atoms with Crippen molar-refractivity contribution in [3.05, 3.63) is 35.4 Å². The average molecular weight is 403 g/mol. The van der Waals surface area contributed by atoms with Gasteiger partial charge in [0.05, 0.1) is 24.3 Å². The summed E-state index contributed by atoms with van der Waals surface area (Å²) in [4.78, 5) is 25.8. The van der Waals surface area contributed by atoms with Gasteiger partial charge >= 0.3 is 0 Å². The van der Waals surface area contributed by atoms with Gasteiger partial charge in [0.25, 0.3) is 22.8 Å². The van der Waals surface area contributed by atoms with Crippen molar-refractivity contribution in [2.24, 2.45) is 0 Å². The third kappa shape index (κ3) is 5.08. The van der Waals surface area contributed by atoms with E-state index >= 15 is 0 Å². The van der Waals surface area contributed by atoms with E-state index in [1.807, 2.05) is 0 Å². The van der Waals surface area contributed by atoms with Crippen LogP contribution in [0.2, 0.25) is 0 Å². The highest BCUT2D eigenvalue weighted by Crippen LogP contribution is 2.46. The molecule has 0 bridgehead atoms. The Morgan fingerprint density at radius 3 is 2.04 bits per heavy atom. The van der Waals surface area contributed by atoms with Gasteiger partial charge in [0.2, 0.25) is 8.38 Å². The molecule has 144 valence electrons. The molecule has 0 fully saturated rings. The predicted molar refractivity (Wildman–Crippen MR) is 96.4 cm³/mol. The topological polar surface area (TPSA) is 99.2 Å². The molecule has 1 aromatic rings. The molecule has 1 aromatic carbocycles. The SMILES string of the molecule is CCOP(OCC)C(CCCN1C(=O)c2ccccc2C1=O)O[SH](=O)=O. The van der Waals surface area contributed by atoms with Crippen LogP contribution in [-0.2, 0) is 24.2 Å². The Kier molecular flexibility index (Phi) is 8.12. The molecule has 0 N–H and O–H groups in total. The van der Waals surface area contributed by atoms with Gasteiger partial charge in [-0.15, -0.1) is 0 Å². The number of carbonyl (C=O) groups is 2. The minimum atomic E-state index is -3.07. The minimum Gasteiger partial charge on any atom is -0.333 e. The second-order valence-electron chi connectivity index (χ2n) is 5.35. The first kappa shape index (κ1) is 20.9. The van der Waals surface area contributed by atoms with E-state index in [2.05, 4.69) is 0 Å². The van der Waals surface area contributed by atoms with E-state index in [-0.39, 0.29) is 24.8 Å². The highest BCUT2D eigenvalue weighted by Gasteiger charge is 2.35. The molecule has 8 nitrogen and oxygen atoms in total. The van der Waals surface area contributed by atoms with E-state index in [1.54, 1.807) is 38.1 Å².